The van der Waals surface area contributed by atoms with Crippen molar-refractivity contribution in [3.05, 3.63) is 0 Å². The third-order valence-corrected chi connectivity index (χ3v) is 6.27. The van der Waals surface area contributed by atoms with Crippen LogP contribution in [0.3, 0.4) is 0 Å². The number of hydrogen-bond donors (Lipinski definition) is 1. The monoisotopic (exact) mass is 429 g/mol. The molecule has 0 aromatic rings. The van der Waals surface area contributed by atoms with Gasteiger partial charge in [0.05, 0.1) is 12.3 Å². The molecule has 124 valence electrons. The molecular weight excluding hydrogens is 401 g/mol. The molecule has 0 amide bonds. The fourth-order valence-corrected chi connectivity index (χ4v) is 3.72. The fraction of sp³-hybridized carbons (Fsp3) is 0.929. The van der Waals surface area contributed by atoms with Crippen LogP contribution in [-0.4, -0.2) is 57.0 Å². The maximum atomic E-state index is 11.5. The standard InChI is InChI=1S/C14H27N3O2S.HI/c1-3-15-13(16-9-11-20(18,19)4-2)17-10-8-14(12-17)6-5-7-14;/h3-12H2,1-2H3,(H,15,16);1H. The van der Waals surface area contributed by atoms with Crippen LogP contribution >= 0.6 is 24.0 Å². The van der Waals surface area contributed by atoms with Gasteiger partial charge in [-0.3, -0.25) is 4.99 Å². The van der Waals surface area contributed by atoms with Crippen molar-refractivity contribution in [3.63, 3.8) is 0 Å². The zero-order valence-electron chi connectivity index (χ0n) is 13.1. The van der Waals surface area contributed by atoms with E-state index in [2.05, 4.69) is 15.2 Å². The molecule has 7 heteroatoms. The molecule has 1 aliphatic heterocycles. The zero-order chi connectivity index (χ0) is 14.6. The van der Waals surface area contributed by atoms with E-state index in [4.69, 9.17) is 0 Å². The number of sulfone groups is 1. The molecular formula is C14H28IN3O2S. The van der Waals surface area contributed by atoms with Gasteiger partial charge in [-0.2, -0.15) is 0 Å². The summed E-state index contributed by atoms with van der Waals surface area (Å²) in [6.45, 7) is 7.05. The van der Waals surface area contributed by atoms with Gasteiger partial charge in [0.2, 0.25) is 0 Å². The van der Waals surface area contributed by atoms with Crippen molar-refractivity contribution < 1.29 is 8.42 Å². The summed E-state index contributed by atoms with van der Waals surface area (Å²) in [5.74, 6) is 1.24. The van der Waals surface area contributed by atoms with E-state index in [1.807, 2.05) is 6.92 Å². The summed E-state index contributed by atoms with van der Waals surface area (Å²) in [5.41, 5.74) is 0.533. The molecule has 2 aliphatic rings. The van der Waals surface area contributed by atoms with E-state index in [-0.39, 0.29) is 35.5 Å². The van der Waals surface area contributed by atoms with Gasteiger partial charge in [0.25, 0.3) is 0 Å². The molecule has 0 radical (unpaired) electrons. The second-order valence-corrected chi connectivity index (χ2v) is 8.47. The molecule has 1 heterocycles. The first-order valence-electron chi connectivity index (χ1n) is 7.74. The van der Waals surface area contributed by atoms with Crippen LogP contribution in [-0.2, 0) is 9.84 Å². The summed E-state index contributed by atoms with van der Waals surface area (Å²) < 4.78 is 23.0. The predicted molar refractivity (Wildman–Crippen MR) is 98.2 cm³/mol. The van der Waals surface area contributed by atoms with Gasteiger partial charge in [-0.25, -0.2) is 8.42 Å². The first-order valence-corrected chi connectivity index (χ1v) is 9.56. The molecule has 0 aromatic heterocycles. The van der Waals surface area contributed by atoms with Crippen LogP contribution in [0.25, 0.3) is 0 Å². The summed E-state index contributed by atoms with van der Waals surface area (Å²) in [5, 5.41) is 3.30. The largest absolute Gasteiger partial charge is 0.357 e. The Bertz CT molecular complexity index is 461. The molecule has 1 saturated heterocycles. The topological polar surface area (TPSA) is 61.8 Å². The maximum Gasteiger partial charge on any atom is 0.193 e. The molecule has 2 rings (SSSR count). The number of hydrogen-bond acceptors (Lipinski definition) is 3. The normalized spacial score (nSPS) is 21.0. The average molecular weight is 429 g/mol. The number of aliphatic imine (C=N–C) groups is 1. The third-order valence-electron chi connectivity index (χ3n) is 4.59. The molecule has 1 N–H and O–H groups in total. The molecule has 0 aromatic carbocycles. The highest BCUT2D eigenvalue weighted by atomic mass is 127. The average Bonchev–Trinajstić information content (AvgIpc) is 2.83. The minimum Gasteiger partial charge on any atom is -0.357 e. The lowest BCUT2D eigenvalue weighted by molar-refractivity contribution is 0.151. The van der Waals surface area contributed by atoms with Gasteiger partial charge in [0.1, 0.15) is 0 Å². The SMILES string of the molecule is CCNC(=NCCS(=O)(=O)CC)N1CCC2(CCC2)C1.I. The van der Waals surface area contributed by atoms with E-state index in [9.17, 15) is 8.42 Å². The summed E-state index contributed by atoms with van der Waals surface area (Å²) in [6.07, 6.45) is 5.29. The highest BCUT2D eigenvalue weighted by Crippen LogP contribution is 2.47. The smallest absolute Gasteiger partial charge is 0.193 e. The van der Waals surface area contributed by atoms with Crippen LogP contribution in [0.2, 0.25) is 0 Å². The molecule has 0 bridgehead atoms. The van der Waals surface area contributed by atoms with E-state index >= 15 is 0 Å². The van der Waals surface area contributed by atoms with Crippen LogP contribution in [0.1, 0.15) is 39.5 Å². The number of likely N-dealkylation sites (tertiary alicyclic amines) is 1. The molecule has 1 spiro atoms. The molecule has 1 aliphatic carbocycles. The van der Waals surface area contributed by atoms with Crippen LogP contribution in [0.15, 0.2) is 4.99 Å². The Labute approximate surface area is 145 Å². The van der Waals surface area contributed by atoms with Crippen molar-refractivity contribution in [3.8, 4) is 0 Å². The van der Waals surface area contributed by atoms with Gasteiger partial charge in [0, 0.05) is 25.4 Å². The summed E-state index contributed by atoms with van der Waals surface area (Å²) >= 11 is 0. The van der Waals surface area contributed by atoms with E-state index < -0.39 is 9.84 Å². The van der Waals surface area contributed by atoms with Gasteiger partial charge in [0.15, 0.2) is 15.8 Å². The first kappa shape index (κ1) is 19.0. The maximum absolute atomic E-state index is 11.5. The molecule has 1 saturated carbocycles. The van der Waals surface area contributed by atoms with Crippen LogP contribution in [0.5, 0.6) is 0 Å². The van der Waals surface area contributed by atoms with Gasteiger partial charge in [-0.1, -0.05) is 13.3 Å². The van der Waals surface area contributed by atoms with Crippen molar-refractivity contribution in [1.29, 1.82) is 0 Å². The third kappa shape index (κ3) is 4.97. The van der Waals surface area contributed by atoms with Gasteiger partial charge in [-0.15, -0.1) is 24.0 Å². The van der Waals surface area contributed by atoms with E-state index in [0.29, 0.717) is 12.0 Å². The second kappa shape index (κ2) is 7.99. The second-order valence-electron chi connectivity index (χ2n) is 6.00. The van der Waals surface area contributed by atoms with Crippen molar-refractivity contribution in [1.82, 2.24) is 10.2 Å². The number of guanidine groups is 1. The molecule has 0 unspecified atom stereocenters. The highest BCUT2D eigenvalue weighted by Gasteiger charge is 2.43. The Balaban J connectivity index is 0.00000220. The Kier molecular flexibility index (Phi) is 7.23. The Morgan fingerprint density at radius 1 is 1.29 bits per heavy atom. The predicted octanol–water partition coefficient (Wildman–Crippen LogP) is 1.88. The van der Waals surface area contributed by atoms with Crippen molar-refractivity contribution in [2.24, 2.45) is 10.4 Å². The van der Waals surface area contributed by atoms with Crippen LogP contribution < -0.4 is 5.32 Å². The first-order chi connectivity index (χ1) is 9.50. The lowest BCUT2D eigenvalue weighted by Gasteiger charge is -2.38. The van der Waals surface area contributed by atoms with E-state index in [1.54, 1.807) is 6.92 Å². The number of halogens is 1. The minimum atomic E-state index is -2.92. The lowest BCUT2D eigenvalue weighted by atomic mass is 9.68. The summed E-state index contributed by atoms with van der Waals surface area (Å²) in [7, 11) is -2.92. The number of nitrogens with one attached hydrogen (secondary N) is 1. The molecule has 2 fully saturated rings. The van der Waals surface area contributed by atoms with E-state index in [1.165, 1.54) is 25.7 Å². The van der Waals surface area contributed by atoms with Crippen molar-refractivity contribution in [2.45, 2.75) is 39.5 Å². The molecule has 5 nitrogen and oxygen atoms in total. The Hall–Kier alpha value is -0.0500. The van der Waals surface area contributed by atoms with Gasteiger partial charge >= 0.3 is 0 Å². The van der Waals surface area contributed by atoms with E-state index in [0.717, 1.165) is 25.6 Å². The fourth-order valence-electron chi connectivity index (χ4n) is 3.06. The van der Waals surface area contributed by atoms with Crippen LogP contribution in [0.4, 0.5) is 0 Å². The van der Waals surface area contributed by atoms with Crippen molar-refractivity contribution >= 4 is 39.8 Å². The summed E-state index contributed by atoms with van der Waals surface area (Å²) in [4.78, 5) is 6.81. The summed E-state index contributed by atoms with van der Waals surface area (Å²) in [6, 6.07) is 0. The Morgan fingerprint density at radius 2 is 2.00 bits per heavy atom. The minimum absolute atomic E-state index is 0. The zero-order valence-corrected chi connectivity index (χ0v) is 16.2. The quantitative estimate of drug-likeness (QED) is 0.412. The van der Waals surface area contributed by atoms with Gasteiger partial charge in [-0.05, 0) is 31.6 Å². The number of nitrogens with zero attached hydrogens (tertiary/aromatic N) is 2. The Morgan fingerprint density at radius 3 is 2.48 bits per heavy atom. The van der Waals surface area contributed by atoms with Gasteiger partial charge < -0.3 is 10.2 Å². The van der Waals surface area contributed by atoms with Crippen molar-refractivity contribution in [2.75, 3.05) is 37.7 Å². The molecule has 21 heavy (non-hydrogen) atoms. The number of rotatable bonds is 5. The lowest BCUT2D eigenvalue weighted by Crippen LogP contribution is -2.42. The molecule has 0 atom stereocenters. The van der Waals surface area contributed by atoms with Crippen LogP contribution in [0, 0.1) is 5.41 Å². The highest BCUT2D eigenvalue weighted by molar-refractivity contribution is 14.0.